The van der Waals surface area contributed by atoms with Crippen LogP contribution >= 0.6 is 0 Å². The third-order valence-electron chi connectivity index (χ3n) is 3.43. The van der Waals surface area contributed by atoms with Gasteiger partial charge in [-0.25, -0.2) is 0 Å². The second-order valence-corrected chi connectivity index (χ2v) is 5.20. The maximum atomic E-state index is 9.85. The van der Waals surface area contributed by atoms with Crippen LogP contribution in [0.15, 0.2) is 60.7 Å². The summed E-state index contributed by atoms with van der Waals surface area (Å²) in [5.74, 6) is 6.04. The van der Waals surface area contributed by atoms with Gasteiger partial charge in [0.25, 0.3) is 0 Å². The molecule has 0 aromatic heterocycles. The van der Waals surface area contributed by atoms with Gasteiger partial charge in [-0.3, -0.25) is 0 Å². The predicted molar refractivity (Wildman–Crippen MR) is 87.9 cm³/mol. The molecule has 1 heteroatoms. The first kappa shape index (κ1) is 15.4. The van der Waals surface area contributed by atoms with Gasteiger partial charge in [0.2, 0.25) is 0 Å². The molecule has 2 aromatic rings. The topological polar surface area (TPSA) is 20.2 Å². The highest BCUT2D eigenvalue weighted by molar-refractivity contribution is 5.16. The summed E-state index contributed by atoms with van der Waals surface area (Å²) in [7, 11) is 0. The van der Waals surface area contributed by atoms with Crippen LogP contribution in [0.5, 0.6) is 0 Å². The van der Waals surface area contributed by atoms with Gasteiger partial charge in [0, 0.05) is 6.42 Å². The molecule has 0 saturated carbocycles. The van der Waals surface area contributed by atoms with E-state index in [1.54, 1.807) is 0 Å². The van der Waals surface area contributed by atoms with Crippen molar-refractivity contribution in [3.05, 3.63) is 71.8 Å². The Morgan fingerprint density at radius 1 is 0.810 bits per heavy atom. The summed E-state index contributed by atoms with van der Waals surface area (Å²) in [6.07, 6.45) is 4.01. The van der Waals surface area contributed by atoms with E-state index in [4.69, 9.17) is 0 Å². The number of hydrogen-bond donors (Lipinski definition) is 1. The summed E-state index contributed by atoms with van der Waals surface area (Å²) in [5, 5.41) is 9.85. The molecule has 108 valence electrons. The lowest BCUT2D eigenvalue weighted by Gasteiger charge is -2.03. The quantitative estimate of drug-likeness (QED) is 0.625. The molecule has 0 spiro atoms. The molecule has 0 aliphatic rings. The number of hydrogen-bond acceptors (Lipinski definition) is 1. The number of benzene rings is 2. The molecule has 1 atom stereocenters. The Kier molecular flexibility index (Phi) is 6.58. The molecule has 0 aliphatic heterocycles. The van der Waals surface area contributed by atoms with Crippen LogP contribution in [0.4, 0.5) is 0 Å². The van der Waals surface area contributed by atoms with Gasteiger partial charge in [-0.2, -0.15) is 0 Å². The van der Waals surface area contributed by atoms with Crippen molar-refractivity contribution >= 4 is 0 Å². The third-order valence-corrected chi connectivity index (χ3v) is 3.43. The highest BCUT2D eigenvalue weighted by atomic mass is 16.3. The van der Waals surface area contributed by atoms with Gasteiger partial charge in [-0.1, -0.05) is 66.6 Å². The lowest BCUT2D eigenvalue weighted by molar-refractivity contribution is 0.222. The first-order valence-corrected chi connectivity index (χ1v) is 7.59. The largest absolute Gasteiger partial charge is 0.380 e. The van der Waals surface area contributed by atoms with E-state index in [-0.39, 0.29) is 0 Å². The SMILES string of the molecule is O[C@@H](C#CCCCc1ccccc1)CCc1ccccc1. The smallest absolute Gasteiger partial charge is 0.115 e. The highest BCUT2D eigenvalue weighted by Gasteiger charge is 1.99. The van der Waals surface area contributed by atoms with E-state index in [2.05, 4.69) is 48.2 Å². The second kappa shape index (κ2) is 9.00. The van der Waals surface area contributed by atoms with Gasteiger partial charge >= 0.3 is 0 Å². The van der Waals surface area contributed by atoms with Crippen molar-refractivity contribution in [2.75, 3.05) is 0 Å². The van der Waals surface area contributed by atoms with Crippen LogP contribution < -0.4 is 0 Å². The molecule has 0 bridgehead atoms. The average Bonchev–Trinajstić information content (AvgIpc) is 2.54. The first-order chi connectivity index (χ1) is 10.3. The van der Waals surface area contributed by atoms with Crippen LogP contribution in [0, 0.1) is 11.8 Å². The van der Waals surface area contributed by atoms with Crippen LogP contribution in [-0.4, -0.2) is 11.2 Å². The highest BCUT2D eigenvalue weighted by Crippen LogP contribution is 2.05. The van der Waals surface area contributed by atoms with Crippen LogP contribution in [0.2, 0.25) is 0 Å². The first-order valence-electron chi connectivity index (χ1n) is 7.59. The molecule has 21 heavy (non-hydrogen) atoms. The normalized spacial score (nSPS) is 11.5. The molecule has 0 amide bonds. The maximum Gasteiger partial charge on any atom is 0.115 e. The lowest BCUT2D eigenvalue weighted by atomic mass is 10.1. The standard InChI is InChI=1S/C20H22O/c21-20(17-16-19-13-6-2-7-14-19)15-9-3-8-12-18-10-4-1-5-11-18/h1-2,4-7,10-11,13-14,20-21H,3,8,12,16-17H2/t20-/m0/s1. The Morgan fingerprint density at radius 2 is 1.38 bits per heavy atom. The zero-order chi connectivity index (χ0) is 14.8. The third kappa shape index (κ3) is 6.29. The zero-order valence-electron chi connectivity index (χ0n) is 12.3. The minimum absolute atomic E-state index is 0.512. The summed E-state index contributed by atoms with van der Waals surface area (Å²) < 4.78 is 0. The van der Waals surface area contributed by atoms with Gasteiger partial charge in [0.1, 0.15) is 6.10 Å². The lowest BCUT2D eigenvalue weighted by Crippen LogP contribution is -2.04. The number of rotatable bonds is 6. The van der Waals surface area contributed by atoms with Crippen molar-refractivity contribution in [3.63, 3.8) is 0 Å². The van der Waals surface area contributed by atoms with Gasteiger partial charge in [0.15, 0.2) is 0 Å². The Hall–Kier alpha value is -2.04. The van der Waals surface area contributed by atoms with E-state index in [1.807, 2.05) is 24.3 Å². The van der Waals surface area contributed by atoms with Crippen molar-refractivity contribution in [2.45, 2.75) is 38.2 Å². The van der Waals surface area contributed by atoms with Crippen molar-refractivity contribution in [1.29, 1.82) is 0 Å². The Labute approximate surface area is 127 Å². The molecular formula is C20H22O. The van der Waals surface area contributed by atoms with Gasteiger partial charge in [-0.15, -0.1) is 5.92 Å². The van der Waals surface area contributed by atoms with Gasteiger partial charge < -0.3 is 5.11 Å². The Morgan fingerprint density at radius 3 is 2.00 bits per heavy atom. The van der Waals surface area contributed by atoms with E-state index in [0.29, 0.717) is 6.42 Å². The van der Waals surface area contributed by atoms with E-state index in [1.165, 1.54) is 11.1 Å². The van der Waals surface area contributed by atoms with E-state index in [0.717, 1.165) is 25.7 Å². The fraction of sp³-hybridized carbons (Fsp3) is 0.300. The fourth-order valence-electron chi connectivity index (χ4n) is 2.24. The van der Waals surface area contributed by atoms with Crippen LogP contribution in [0.1, 0.15) is 30.4 Å². The van der Waals surface area contributed by atoms with Gasteiger partial charge in [-0.05, 0) is 36.8 Å². The molecule has 0 saturated heterocycles. The van der Waals surface area contributed by atoms with Gasteiger partial charge in [0.05, 0.1) is 0 Å². The zero-order valence-corrected chi connectivity index (χ0v) is 12.3. The minimum atomic E-state index is -0.512. The van der Waals surface area contributed by atoms with Crippen molar-refractivity contribution < 1.29 is 5.11 Å². The summed E-state index contributed by atoms with van der Waals surface area (Å²) in [5.41, 5.74) is 2.60. The molecule has 0 unspecified atom stereocenters. The fourth-order valence-corrected chi connectivity index (χ4v) is 2.24. The summed E-state index contributed by atoms with van der Waals surface area (Å²) in [6.45, 7) is 0. The number of unbranched alkanes of at least 4 members (excludes halogenated alkanes) is 1. The van der Waals surface area contributed by atoms with Crippen LogP contribution in [0.25, 0.3) is 0 Å². The van der Waals surface area contributed by atoms with Crippen molar-refractivity contribution in [1.82, 2.24) is 0 Å². The van der Waals surface area contributed by atoms with E-state index < -0.39 is 6.10 Å². The number of aliphatic hydroxyl groups excluding tert-OH is 1. The summed E-state index contributed by atoms with van der Waals surface area (Å²) >= 11 is 0. The molecule has 0 fully saturated rings. The predicted octanol–water partition coefficient (Wildman–Crippen LogP) is 4.01. The molecule has 0 radical (unpaired) electrons. The summed E-state index contributed by atoms with van der Waals surface area (Å²) in [4.78, 5) is 0. The molecule has 2 rings (SSSR count). The van der Waals surface area contributed by atoms with Crippen LogP contribution in [0.3, 0.4) is 0 Å². The maximum absolute atomic E-state index is 9.85. The van der Waals surface area contributed by atoms with Crippen molar-refractivity contribution in [3.8, 4) is 11.8 Å². The molecule has 0 heterocycles. The molecule has 0 aliphatic carbocycles. The molecule has 2 aromatic carbocycles. The minimum Gasteiger partial charge on any atom is -0.380 e. The summed E-state index contributed by atoms with van der Waals surface area (Å²) in [6, 6.07) is 20.7. The number of aliphatic hydroxyl groups is 1. The number of aryl methyl sites for hydroxylation is 2. The molecule has 1 N–H and O–H groups in total. The van der Waals surface area contributed by atoms with E-state index >= 15 is 0 Å². The second-order valence-electron chi connectivity index (χ2n) is 5.20. The molecular weight excluding hydrogens is 256 g/mol. The Balaban J connectivity index is 1.63. The monoisotopic (exact) mass is 278 g/mol. The molecule has 1 nitrogen and oxygen atoms in total. The Bertz CT molecular complexity index is 563. The van der Waals surface area contributed by atoms with E-state index in [9.17, 15) is 5.11 Å². The van der Waals surface area contributed by atoms with Crippen molar-refractivity contribution in [2.24, 2.45) is 0 Å². The average molecular weight is 278 g/mol. The van der Waals surface area contributed by atoms with Crippen LogP contribution in [-0.2, 0) is 12.8 Å².